The highest BCUT2D eigenvalue weighted by Gasteiger charge is 2.31. The van der Waals surface area contributed by atoms with Gasteiger partial charge in [-0.3, -0.25) is 0 Å². The molecule has 88 valence electrons. The first-order valence-electron chi connectivity index (χ1n) is 6.18. The third kappa shape index (κ3) is 3.22. The predicted molar refractivity (Wildman–Crippen MR) is 63.4 cm³/mol. The lowest BCUT2D eigenvalue weighted by molar-refractivity contribution is 0.304. The van der Waals surface area contributed by atoms with Crippen LogP contribution in [0.3, 0.4) is 0 Å². The quantitative estimate of drug-likeness (QED) is 0.790. The molecule has 0 aromatic rings. The van der Waals surface area contributed by atoms with Crippen LogP contribution >= 0.6 is 0 Å². The lowest BCUT2D eigenvalue weighted by Crippen LogP contribution is -2.38. The molecule has 0 radical (unpaired) electrons. The van der Waals surface area contributed by atoms with Crippen LogP contribution in [0.4, 0.5) is 0 Å². The van der Waals surface area contributed by atoms with Crippen LogP contribution in [0.15, 0.2) is 0 Å². The Morgan fingerprint density at radius 1 is 1.25 bits per heavy atom. The van der Waals surface area contributed by atoms with Gasteiger partial charge in [0, 0.05) is 18.5 Å². The van der Waals surface area contributed by atoms with Gasteiger partial charge in [-0.1, -0.05) is 26.2 Å². The Labute approximate surface area is 98.4 Å². The van der Waals surface area contributed by atoms with Crippen LogP contribution in [0.25, 0.3) is 0 Å². The highest BCUT2D eigenvalue weighted by atomic mass is 14.9. The van der Waals surface area contributed by atoms with Crippen LogP contribution in [0, 0.1) is 34.0 Å². The molecule has 0 aliphatic heterocycles. The van der Waals surface area contributed by atoms with Crippen molar-refractivity contribution in [1.29, 1.82) is 10.5 Å². The summed E-state index contributed by atoms with van der Waals surface area (Å²) < 4.78 is 0. The molecule has 0 amide bonds. The van der Waals surface area contributed by atoms with E-state index in [9.17, 15) is 0 Å². The summed E-state index contributed by atoms with van der Waals surface area (Å²) in [5, 5.41) is 21.5. The van der Waals surface area contributed by atoms with E-state index in [1.807, 2.05) is 6.92 Å². The maximum Gasteiger partial charge on any atom is 0.144 e. The molecule has 0 saturated heterocycles. The summed E-state index contributed by atoms with van der Waals surface area (Å²) in [4.78, 5) is 0. The van der Waals surface area contributed by atoms with E-state index in [1.54, 1.807) is 6.92 Å². The SMILES string of the molecule is CC(CNC1CCCCC1)C(C)(C#N)C#N. The van der Waals surface area contributed by atoms with Crippen LogP contribution in [-0.4, -0.2) is 12.6 Å². The van der Waals surface area contributed by atoms with E-state index in [4.69, 9.17) is 10.5 Å². The van der Waals surface area contributed by atoms with E-state index in [-0.39, 0.29) is 5.92 Å². The molecular formula is C13H21N3. The van der Waals surface area contributed by atoms with E-state index in [0.29, 0.717) is 6.04 Å². The Kier molecular flexibility index (Phi) is 4.77. The highest BCUT2D eigenvalue weighted by molar-refractivity contribution is 5.13. The van der Waals surface area contributed by atoms with Crippen molar-refractivity contribution in [2.24, 2.45) is 11.3 Å². The molecule has 3 heteroatoms. The Morgan fingerprint density at radius 3 is 2.31 bits per heavy atom. The fraction of sp³-hybridized carbons (Fsp3) is 0.846. The van der Waals surface area contributed by atoms with E-state index < -0.39 is 5.41 Å². The topological polar surface area (TPSA) is 59.6 Å². The Bertz CT molecular complexity index is 277. The summed E-state index contributed by atoms with van der Waals surface area (Å²) in [5.41, 5.74) is -0.859. The van der Waals surface area contributed by atoms with Gasteiger partial charge in [0.05, 0.1) is 12.1 Å². The van der Waals surface area contributed by atoms with E-state index >= 15 is 0 Å². The van der Waals surface area contributed by atoms with E-state index in [2.05, 4.69) is 17.5 Å². The van der Waals surface area contributed by atoms with Gasteiger partial charge in [-0.25, -0.2) is 0 Å². The van der Waals surface area contributed by atoms with Crippen LogP contribution in [0.2, 0.25) is 0 Å². The van der Waals surface area contributed by atoms with Crippen molar-refractivity contribution in [1.82, 2.24) is 5.32 Å². The third-order valence-corrected chi connectivity index (χ3v) is 3.77. The van der Waals surface area contributed by atoms with Crippen LogP contribution < -0.4 is 5.32 Å². The van der Waals surface area contributed by atoms with Crippen LogP contribution in [0.1, 0.15) is 46.0 Å². The second-order valence-corrected chi connectivity index (χ2v) is 5.07. The minimum absolute atomic E-state index is 0.0735. The number of hydrogen-bond donors (Lipinski definition) is 1. The molecule has 0 spiro atoms. The molecule has 1 unspecified atom stereocenters. The lowest BCUT2D eigenvalue weighted by Gasteiger charge is -2.27. The van der Waals surface area contributed by atoms with E-state index in [1.165, 1.54) is 32.1 Å². The van der Waals surface area contributed by atoms with Gasteiger partial charge in [-0.05, 0) is 19.8 Å². The van der Waals surface area contributed by atoms with Crippen molar-refractivity contribution in [3.8, 4) is 12.1 Å². The summed E-state index contributed by atoms with van der Waals surface area (Å²) in [6, 6.07) is 4.82. The monoisotopic (exact) mass is 219 g/mol. The van der Waals surface area contributed by atoms with Gasteiger partial charge in [-0.15, -0.1) is 0 Å². The molecule has 1 aliphatic rings. The lowest BCUT2D eigenvalue weighted by atomic mass is 9.80. The largest absolute Gasteiger partial charge is 0.314 e. The molecule has 16 heavy (non-hydrogen) atoms. The second kappa shape index (κ2) is 5.87. The normalized spacial score (nSPS) is 19.8. The maximum absolute atomic E-state index is 8.99. The molecular weight excluding hydrogens is 198 g/mol. The van der Waals surface area contributed by atoms with Crippen LogP contribution in [-0.2, 0) is 0 Å². The Morgan fingerprint density at radius 2 is 1.81 bits per heavy atom. The number of nitriles is 2. The second-order valence-electron chi connectivity index (χ2n) is 5.07. The molecule has 0 aromatic carbocycles. The van der Waals surface area contributed by atoms with Gasteiger partial charge >= 0.3 is 0 Å². The molecule has 1 N–H and O–H groups in total. The molecule has 1 rings (SSSR count). The first kappa shape index (κ1) is 13.0. The standard InChI is InChI=1S/C13H21N3/c1-11(13(2,9-14)10-15)8-16-12-6-4-3-5-7-12/h11-12,16H,3-8H2,1-2H3. The van der Waals surface area contributed by atoms with Crippen molar-refractivity contribution < 1.29 is 0 Å². The van der Waals surface area contributed by atoms with Gasteiger partial charge < -0.3 is 5.32 Å². The molecule has 1 saturated carbocycles. The average Bonchev–Trinajstić information content (AvgIpc) is 2.36. The summed E-state index contributed by atoms with van der Waals surface area (Å²) in [7, 11) is 0. The minimum Gasteiger partial charge on any atom is -0.314 e. The third-order valence-electron chi connectivity index (χ3n) is 3.77. The van der Waals surface area contributed by atoms with Crippen molar-refractivity contribution in [3.63, 3.8) is 0 Å². The molecule has 0 heterocycles. The molecule has 0 bridgehead atoms. The first-order chi connectivity index (χ1) is 7.62. The number of rotatable bonds is 4. The van der Waals surface area contributed by atoms with Gasteiger partial charge in [0.15, 0.2) is 0 Å². The summed E-state index contributed by atoms with van der Waals surface area (Å²) in [5.74, 6) is 0.0735. The first-order valence-corrected chi connectivity index (χ1v) is 6.18. The fourth-order valence-electron chi connectivity index (χ4n) is 2.10. The van der Waals surface area contributed by atoms with Gasteiger partial charge in [0.2, 0.25) is 0 Å². The fourth-order valence-corrected chi connectivity index (χ4v) is 2.10. The molecule has 0 aromatic heterocycles. The number of hydrogen-bond acceptors (Lipinski definition) is 3. The smallest absolute Gasteiger partial charge is 0.144 e. The Hall–Kier alpha value is -1.06. The summed E-state index contributed by atoms with van der Waals surface area (Å²) in [6.45, 7) is 4.46. The van der Waals surface area contributed by atoms with E-state index in [0.717, 1.165) is 6.54 Å². The van der Waals surface area contributed by atoms with Crippen molar-refractivity contribution >= 4 is 0 Å². The van der Waals surface area contributed by atoms with Crippen molar-refractivity contribution in [2.45, 2.75) is 52.0 Å². The molecule has 1 aliphatic carbocycles. The maximum atomic E-state index is 8.99. The molecule has 1 atom stereocenters. The van der Waals surface area contributed by atoms with Crippen molar-refractivity contribution in [3.05, 3.63) is 0 Å². The highest BCUT2D eigenvalue weighted by Crippen LogP contribution is 2.25. The molecule has 1 fully saturated rings. The van der Waals surface area contributed by atoms with Crippen molar-refractivity contribution in [2.75, 3.05) is 6.54 Å². The predicted octanol–water partition coefficient (Wildman–Crippen LogP) is 2.60. The zero-order valence-corrected chi connectivity index (χ0v) is 10.3. The Balaban J connectivity index is 2.37. The average molecular weight is 219 g/mol. The summed E-state index contributed by atoms with van der Waals surface area (Å²) in [6.07, 6.45) is 6.44. The number of nitrogens with zero attached hydrogens (tertiary/aromatic N) is 2. The van der Waals surface area contributed by atoms with Gasteiger partial charge in [-0.2, -0.15) is 10.5 Å². The zero-order valence-electron chi connectivity index (χ0n) is 10.3. The van der Waals surface area contributed by atoms with Crippen LogP contribution in [0.5, 0.6) is 0 Å². The number of nitrogens with one attached hydrogen (secondary N) is 1. The zero-order chi connectivity index (χ0) is 12.0. The van der Waals surface area contributed by atoms with Gasteiger partial charge in [0.25, 0.3) is 0 Å². The molecule has 3 nitrogen and oxygen atoms in total. The minimum atomic E-state index is -0.859. The van der Waals surface area contributed by atoms with Gasteiger partial charge in [0.1, 0.15) is 5.41 Å². The summed E-state index contributed by atoms with van der Waals surface area (Å²) >= 11 is 0.